The number of urea groups is 1. The van der Waals surface area contributed by atoms with Crippen molar-refractivity contribution in [2.24, 2.45) is 11.3 Å². The van der Waals surface area contributed by atoms with Gasteiger partial charge in [-0.05, 0) is 31.7 Å². The van der Waals surface area contributed by atoms with E-state index in [0.717, 1.165) is 18.4 Å². The third-order valence-corrected chi connectivity index (χ3v) is 5.45. The van der Waals surface area contributed by atoms with Gasteiger partial charge in [0.05, 0.1) is 17.2 Å². The van der Waals surface area contributed by atoms with Gasteiger partial charge in [0.1, 0.15) is 5.76 Å². The van der Waals surface area contributed by atoms with E-state index in [2.05, 4.69) is 10.5 Å². The number of aryl methyl sites for hydroxylation is 1. The SMILES string of the molecule is Cc1occc1-c1cc(NC(=O)N2C[C@@H]3CCC[C@@]3(C(=O)O)C2)no1. The Morgan fingerprint density at radius 1 is 1.48 bits per heavy atom. The van der Waals surface area contributed by atoms with E-state index in [0.29, 0.717) is 30.3 Å². The summed E-state index contributed by atoms with van der Waals surface area (Å²) in [4.78, 5) is 25.8. The molecular weight excluding hydrogens is 326 g/mol. The lowest BCUT2D eigenvalue weighted by Gasteiger charge is -2.23. The van der Waals surface area contributed by atoms with Crippen LogP contribution in [0.15, 0.2) is 27.3 Å². The molecule has 0 bridgehead atoms. The zero-order valence-corrected chi connectivity index (χ0v) is 13.8. The van der Waals surface area contributed by atoms with E-state index < -0.39 is 11.4 Å². The van der Waals surface area contributed by atoms with E-state index in [-0.39, 0.29) is 18.5 Å². The van der Waals surface area contributed by atoms with E-state index in [1.807, 2.05) is 6.92 Å². The normalized spacial score (nSPS) is 25.2. The van der Waals surface area contributed by atoms with Crippen molar-refractivity contribution in [3.05, 3.63) is 24.2 Å². The summed E-state index contributed by atoms with van der Waals surface area (Å²) in [6.07, 6.45) is 3.94. The number of fused-ring (bicyclic) bond motifs is 1. The lowest BCUT2D eigenvalue weighted by atomic mass is 9.81. The molecule has 8 heteroatoms. The molecule has 3 heterocycles. The number of carbonyl (C=O) groups is 2. The maximum Gasteiger partial charge on any atom is 0.323 e. The van der Waals surface area contributed by atoms with Gasteiger partial charge in [-0.15, -0.1) is 0 Å². The molecule has 0 aromatic carbocycles. The average Bonchev–Trinajstić information content (AvgIpc) is 3.28. The molecule has 2 amide bonds. The molecule has 132 valence electrons. The van der Waals surface area contributed by atoms with Crippen molar-refractivity contribution in [3.63, 3.8) is 0 Å². The molecule has 2 fully saturated rings. The highest BCUT2D eigenvalue weighted by Crippen LogP contribution is 2.48. The van der Waals surface area contributed by atoms with Crippen molar-refractivity contribution in [1.82, 2.24) is 10.1 Å². The second-order valence-electron chi connectivity index (χ2n) is 6.83. The predicted octanol–water partition coefficient (Wildman–Crippen LogP) is 2.96. The number of carbonyl (C=O) groups excluding carboxylic acids is 1. The van der Waals surface area contributed by atoms with Crippen LogP contribution in [0.5, 0.6) is 0 Å². The fourth-order valence-electron chi connectivity index (χ4n) is 4.08. The number of anilines is 1. The van der Waals surface area contributed by atoms with Gasteiger partial charge in [-0.3, -0.25) is 10.1 Å². The number of aromatic nitrogens is 1. The Balaban J connectivity index is 1.46. The fourth-order valence-corrected chi connectivity index (χ4v) is 4.08. The van der Waals surface area contributed by atoms with Crippen molar-refractivity contribution < 1.29 is 23.6 Å². The highest BCUT2D eigenvalue weighted by Gasteiger charge is 2.55. The molecule has 0 spiro atoms. The third kappa shape index (κ3) is 2.48. The lowest BCUT2D eigenvalue weighted by Crippen LogP contribution is -2.38. The van der Waals surface area contributed by atoms with E-state index in [4.69, 9.17) is 8.94 Å². The molecule has 2 aromatic heterocycles. The molecule has 2 aromatic rings. The van der Waals surface area contributed by atoms with Crippen LogP contribution in [0.2, 0.25) is 0 Å². The van der Waals surface area contributed by atoms with Crippen LogP contribution in [-0.4, -0.2) is 40.3 Å². The molecular formula is C17H19N3O5. The zero-order chi connectivity index (χ0) is 17.6. The summed E-state index contributed by atoms with van der Waals surface area (Å²) in [5.74, 6) is 0.718. The molecule has 4 rings (SSSR count). The molecule has 25 heavy (non-hydrogen) atoms. The van der Waals surface area contributed by atoms with Gasteiger partial charge in [0.15, 0.2) is 11.6 Å². The third-order valence-electron chi connectivity index (χ3n) is 5.45. The van der Waals surface area contributed by atoms with E-state index in [9.17, 15) is 14.7 Å². The minimum absolute atomic E-state index is 0.0252. The zero-order valence-electron chi connectivity index (χ0n) is 13.8. The average molecular weight is 345 g/mol. The monoisotopic (exact) mass is 345 g/mol. The summed E-state index contributed by atoms with van der Waals surface area (Å²) in [5.41, 5.74) is -0.0196. The standard InChI is InChI=1S/C17H19N3O5/c1-10-12(4-6-24-10)13-7-14(19-25-13)18-16(23)20-8-11-3-2-5-17(11,9-20)15(21)22/h4,6-7,11H,2-3,5,8-9H2,1H3,(H,21,22)(H,18,19,23)/t11-,17+/m0/s1. The fraction of sp³-hybridized carbons (Fsp3) is 0.471. The first kappa shape index (κ1) is 15.7. The second kappa shape index (κ2) is 5.65. The minimum atomic E-state index is -0.801. The molecule has 2 aliphatic rings. The van der Waals surface area contributed by atoms with Gasteiger partial charge in [-0.25, -0.2) is 4.79 Å². The van der Waals surface area contributed by atoms with Gasteiger partial charge < -0.3 is 18.9 Å². The number of hydrogen-bond acceptors (Lipinski definition) is 5. The van der Waals surface area contributed by atoms with Crippen LogP contribution in [0.3, 0.4) is 0 Å². The maximum absolute atomic E-state index is 12.5. The van der Waals surface area contributed by atoms with Gasteiger partial charge in [-0.2, -0.15) is 0 Å². The lowest BCUT2D eigenvalue weighted by molar-refractivity contribution is -0.149. The first-order valence-corrected chi connectivity index (χ1v) is 8.30. The number of hydrogen-bond donors (Lipinski definition) is 2. The number of carboxylic acids is 1. The van der Waals surface area contributed by atoms with Crippen LogP contribution in [0, 0.1) is 18.3 Å². The first-order valence-electron chi connectivity index (χ1n) is 8.30. The number of amides is 2. The molecule has 2 atom stereocenters. The second-order valence-corrected chi connectivity index (χ2v) is 6.83. The number of aliphatic carboxylic acids is 1. The van der Waals surface area contributed by atoms with Crippen LogP contribution in [0.1, 0.15) is 25.0 Å². The van der Waals surface area contributed by atoms with Crippen molar-refractivity contribution in [2.75, 3.05) is 18.4 Å². The number of furan rings is 1. The quantitative estimate of drug-likeness (QED) is 0.885. The molecule has 1 aliphatic heterocycles. The van der Waals surface area contributed by atoms with Crippen molar-refractivity contribution in [3.8, 4) is 11.3 Å². The summed E-state index contributed by atoms with van der Waals surface area (Å²) < 4.78 is 10.5. The molecule has 1 saturated carbocycles. The van der Waals surface area contributed by atoms with Gasteiger partial charge in [0.25, 0.3) is 0 Å². The number of nitrogens with zero attached hydrogens (tertiary/aromatic N) is 2. The topological polar surface area (TPSA) is 109 Å². The van der Waals surface area contributed by atoms with E-state index >= 15 is 0 Å². The molecule has 0 unspecified atom stereocenters. The van der Waals surface area contributed by atoms with Gasteiger partial charge in [0, 0.05) is 19.2 Å². The van der Waals surface area contributed by atoms with Crippen molar-refractivity contribution in [2.45, 2.75) is 26.2 Å². The highest BCUT2D eigenvalue weighted by atomic mass is 16.5. The Morgan fingerprint density at radius 2 is 2.32 bits per heavy atom. The van der Waals surface area contributed by atoms with Gasteiger partial charge >= 0.3 is 12.0 Å². The Morgan fingerprint density at radius 3 is 3.00 bits per heavy atom. The van der Waals surface area contributed by atoms with Gasteiger partial charge in [-0.1, -0.05) is 11.6 Å². The summed E-state index contributed by atoms with van der Waals surface area (Å²) in [5, 5.41) is 16.2. The molecule has 1 saturated heterocycles. The Hall–Kier alpha value is -2.77. The highest BCUT2D eigenvalue weighted by molar-refractivity contribution is 5.90. The van der Waals surface area contributed by atoms with Crippen molar-refractivity contribution in [1.29, 1.82) is 0 Å². The van der Waals surface area contributed by atoms with Crippen LogP contribution in [0.4, 0.5) is 10.6 Å². The Bertz CT molecular complexity index is 826. The maximum atomic E-state index is 12.5. The first-order chi connectivity index (χ1) is 12.0. The van der Waals surface area contributed by atoms with E-state index in [1.165, 1.54) is 0 Å². The van der Waals surface area contributed by atoms with E-state index in [1.54, 1.807) is 23.3 Å². The largest absolute Gasteiger partial charge is 0.481 e. The Kier molecular flexibility index (Phi) is 3.55. The molecule has 8 nitrogen and oxygen atoms in total. The number of carboxylic acid groups (broad SMARTS) is 1. The van der Waals surface area contributed by atoms with Crippen LogP contribution >= 0.6 is 0 Å². The van der Waals surface area contributed by atoms with Gasteiger partial charge in [0.2, 0.25) is 0 Å². The number of rotatable bonds is 3. The van der Waals surface area contributed by atoms with Crippen LogP contribution in [0.25, 0.3) is 11.3 Å². The van der Waals surface area contributed by atoms with Crippen LogP contribution < -0.4 is 5.32 Å². The molecule has 0 radical (unpaired) electrons. The predicted molar refractivity (Wildman–Crippen MR) is 86.9 cm³/mol. The number of likely N-dealkylation sites (tertiary alicyclic amines) is 1. The smallest absolute Gasteiger partial charge is 0.323 e. The van der Waals surface area contributed by atoms with Crippen molar-refractivity contribution >= 4 is 17.8 Å². The summed E-state index contributed by atoms with van der Waals surface area (Å²) in [6, 6.07) is 3.04. The van der Waals surface area contributed by atoms with Crippen LogP contribution in [-0.2, 0) is 4.79 Å². The molecule has 1 aliphatic carbocycles. The molecule has 2 N–H and O–H groups in total. The minimum Gasteiger partial charge on any atom is -0.481 e. The summed E-state index contributed by atoms with van der Waals surface area (Å²) in [6.45, 7) is 2.51. The Labute approximate surface area is 143 Å². The summed E-state index contributed by atoms with van der Waals surface area (Å²) in [7, 11) is 0. The number of nitrogens with one attached hydrogen (secondary N) is 1. The summed E-state index contributed by atoms with van der Waals surface area (Å²) >= 11 is 0.